The highest BCUT2D eigenvalue weighted by Crippen LogP contribution is 2.41. The fraction of sp³-hybridized carbons (Fsp3) is 0.444. The number of imidazole rings is 1. The van der Waals surface area contributed by atoms with Crippen LogP contribution in [0.1, 0.15) is 37.4 Å². The summed E-state index contributed by atoms with van der Waals surface area (Å²) in [7, 11) is 3.50. The van der Waals surface area contributed by atoms with Crippen LogP contribution in [0, 0.1) is 6.17 Å². The Labute approximate surface area is 224 Å². The van der Waals surface area contributed by atoms with Gasteiger partial charge in [0.25, 0.3) is 0 Å². The maximum absolute atomic E-state index is 14.1. The lowest BCUT2D eigenvalue weighted by atomic mass is 9.75. The van der Waals surface area contributed by atoms with Crippen LogP contribution in [0.5, 0.6) is 0 Å². The van der Waals surface area contributed by atoms with Crippen molar-refractivity contribution in [3.05, 3.63) is 76.1 Å². The number of hydrogen-bond acceptors (Lipinski definition) is 6. The van der Waals surface area contributed by atoms with Crippen LogP contribution in [-0.2, 0) is 27.6 Å². The second-order valence-electron chi connectivity index (χ2n) is 10.6. The average Bonchev–Trinajstić information content (AvgIpc) is 3.44. The van der Waals surface area contributed by atoms with Crippen molar-refractivity contribution in [1.82, 2.24) is 14.3 Å². The van der Waals surface area contributed by atoms with Crippen LogP contribution in [-0.4, -0.2) is 59.4 Å². The first-order valence-electron chi connectivity index (χ1n) is 12.7. The third kappa shape index (κ3) is 4.70. The molecule has 1 aliphatic carbocycles. The molecule has 4 heterocycles. The van der Waals surface area contributed by atoms with Crippen molar-refractivity contribution in [2.45, 2.75) is 43.0 Å². The summed E-state index contributed by atoms with van der Waals surface area (Å²) >= 11 is 0. The van der Waals surface area contributed by atoms with Crippen LogP contribution in [0.25, 0.3) is 11.2 Å². The number of halogens is 3. The van der Waals surface area contributed by atoms with Gasteiger partial charge in [0.2, 0.25) is 0 Å². The van der Waals surface area contributed by atoms with Crippen LogP contribution in [0.15, 0.2) is 57.7 Å². The third-order valence-corrected chi connectivity index (χ3v) is 7.94. The van der Waals surface area contributed by atoms with Gasteiger partial charge < -0.3 is 14.8 Å². The van der Waals surface area contributed by atoms with Gasteiger partial charge in [0, 0.05) is 45.9 Å². The average molecular weight is 545 g/mol. The predicted octanol–water partition coefficient (Wildman–Crippen LogP) is 3.91. The Balaban J connectivity index is 0.00000323. The minimum Gasteiger partial charge on any atom is -0.379 e. The van der Waals surface area contributed by atoms with Crippen LogP contribution >= 0.6 is 0 Å². The molecule has 6 rings (SSSR count). The number of nitrogens with zero attached hydrogens (tertiary/aromatic N) is 5. The van der Waals surface area contributed by atoms with Crippen molar-refractivity contribution in [3.63, 3.8) is 0 Å². The summed E-state index contributed by atoms with van der Waals surface area (Å²) in [4.78, 5) is 13.5. The molecule has 2 aliphatic heterocycles. The lowest BCUT2D eigenvalue weighted by Gasteiger charge is -2.42. The second-order valence-corrected chi connectivity index (χ2v) is 10.6. The minimum atomic E-state index is -4.63. The molecular weight excluding hydrogens is 513 g/mol. The largest absolute Gasteiger partial charge is 0.418 e. The zero-order valence-corrected chi connectivity index (χ0v) is 21.7. The summed E-state index contributed by atoms with van der Waals surface area (Å²) in [6.07, 6.45) is 2.95. The van der Waals surface area contributed by atoms with E-state index >= 15 is 0 Å². The Kier molecular flexibility index (Phi) is 6.23. The van der Waals surface area contributed by atoms with Gasteiger partial charge in [0.05, 0.1) is 47.7 Å². The van der Waals surface area contributed by atoms with E-state index in [0.717, 1.165) is 35.0 Å². The molecule has 3 aromatic rings. The summed E-state index contributed by atoms with van der Waals surface area (Å²) in [6.45, 7) is 1.65. The van der Waals surface area contributed by atoms with E-state index in [4.69, 9.17) is 9.47 Å². The third-order valence-electron chi connectivity index (χ3n) is 7.94. The van der Waals surface area contributed by atoms with Gasteiger partial charge in [0.15, 0.2) is 0 Å². The number of benzene rings is 1. The second kappa shape index (κ2) is 9.39. The molecule has 0 spiro atoms. The molecule has 1 saturated heterocycles. The molecule has 0 atom stereocenters. The highest BCUT2D eigenvalue weighted by Gasteiger charge is 2.46. The molecule has 1 radical (unpaired) electrons. The number of pyridine rings is 1. The molecule has 0 bridgehead atoms. The highest BCUT2D eigenvalue weighted by molar-refractivity contribution is 5.58. The van der Waals surface area contributed by atoms with E-state index < -0.39 is 17.4 Å². The van der Waals surface area contributed by atoms with E-state index in [9.17, 15) is 18.0 Å². The number of azo groups is 1. The number of alkyl halides is 3. The first-order valence-corrected chi connectivity index (χ1v) is 12.7. The van der Waals surface area contributed by atoms with Crippen molar-refractivity contribution in [2.75, 3.05) is 33.9 Å². The van der Waals surface area contributed by atoms with Gasteiger partial charge in [-0.2, -0.15) is 13.2 Å². The standard InChI is InChI=1S/C27H29F3N6O3.H2/c1-34-17-32-33-23(34)10-25(15-39-16-25)19-4-3-5-20(9-19)35-13-22-21(27(28,29)30)8-18(12-36(22)24(35)37)11-31-14-26(38-2)6-7-26;/h3-5,8-9,12-13,17,31H,6-7,10-11,14-16H2,1-2H3;1H/q+1;. The van der Waals surface area contributed by atoms with E-state index in [1.54, 1.807) is 25.6 Å². The smallest absolute Gasteiger partial charge is 0.379 e. The lowest BCUT2D eigenvalue weighted by Crippen LogP contribution is -2.48. The van der Waals surface area contributed by atoms with Crippen molar-refractivity contribution >= 4 is 11.9 Å². The topological polar surface area (TPSA) is 84.6 Å². The summed E-state index contributed by atoms with van der Waals surface area (Å²) < 4.78 is 57.6. The summed E-state index contributed by atoms with van der Waals surface area (Å²) in [6, 6.07) is 8.42. The number of aromatic nitrogens is 2. The van der Waals surface area contributed by atoms with Gasteiger partial charge in [-0.15, -0.1) is 0 Å². The van der Waals surface area contributed by atoms with E-state index in [1.807, 2.05) is 23.8 Å². The molecule has 207 valence electrons. The van der Waals surface area contributed by atoms with E-state index in [1.165, 1.54) is 17.0 Å². The van der Waals surface area contributed by atoms with Gasteiger partial charge in [-0.05, 0) is 47.3 Å². The molecule has 0 amide bonds. The van der Waals surface area contributed by atoms with E-state index in [0.29, 0.717) is 37.4 Å². The molecule has 0 unspecified atom stereocenters. The molecule has 9 nitrogen and oxygen atoms in total. The summed E-state index contributed by atoms with van der Waals surface area (Å²) in [5, 5.41) is 11.3. The Morgan fingerprint density at radius 3 is 2.64 bits per heavy atom. The van der Waals surface area contributed by atoms with Crippen LogP contribution in [0.4, 0.5) is 13.2 Å². The number of nitrogens with one attached hydrogen (secondary N) is 1. The molecule has 12 heteroatoms. The molecule has 39 heavy (non-hydrogen) atoms. The number of methoxy groups -OCH3 is 1. The fourth-order valence-corrected chi connectivity index (χ4v) is 5.26. The van der Waals surface area contributed by atoms with Crippen LogP contribution < -0.4 is 11.0 Å². The van der Waals surface area contributed by atoms with E-state index in [-0.39, 0.29) is 24.5 Å². The van der Waals surface area contributed by atoms with Crippen molar-refractivity contribution in [1.29, 1.82) is 0 Å². The minimum absolute atomic E-state index is 0. The maximum Gasteiger partial charge on any atom is 0.418 e. The maximum atomic E-state index is 14.1. The number of ether oxygens (including phenoxy) is 2. The zero-order valence-electron chi connectivity index (χ0n) is 21.7. The van der Waals surface area contributed by atoms with Gasteiger partial charge in [-0.25, -0.2) is 9.37 Å². The molecule has 1 aromatic carbocycles. The Morgan fingerprint density at radius 2 is 2.03 bits per heavy atom. The quantitative estimate of drug-likeness (QED) is 0.414. The Hall–Kier alpha value is -3.35. The van der Waals surface area contributed by atoms with Crippen molar-refractivity contribution < 1.29 is 28.6 Å². The zero-order chi connectivity index (χ0) is 27.4. The summed E-state index contributed by atoms with van der Waals surface area (Å²) in [5.74, 6) is 0. The number of fused-ring (bicyclic) bond motifs is 1. The molecule has 1 N–H and O–H groups in total. The van der Waals surface area contributed by atoms with Crippen LogP contribution in [0.3, 0.4) is 0 Å². The van der Waals surface area contributed by atoms with Crippen molar-refractivity contribution in [3.8, 4) is 5.69 Å². The fourth-order valence-electron chi connectivity index (χ4n) is 5.26. The normalized spacial score (nSPS) is 19.9. The number of hydrogen-bond donors (Lipinski definition) is 1. The monoisotopic (exact) mass is 544 g/mol. The SMILES string of the molecule is COC1(CNCc2cc(C(F)(F)F)c3cn(-c4cccc(C5(C[C]6N=NC=[N+]6C)COC5)c4)c(=O)n3c2)CC1.[HH]. The molecular formula is C27H31F3N6O3+. The Morgan fingerprint density at radius 1 is 1.23 bits per heavy atom. The lowest BCUT2D eigenvalue weighted by molar-refractivity contribution is -0.478. The van der Waals surface area contributed by atoms with Gasteiger partial charge >= 0.3 is 24.4 Å². The first kappa shape index (κ1) is 25.9. The van der Waals surface area contributed by atoms with Crippen LogP contribution in [0.2, 0.25) is 0 Å². The Bertz CT molecular complexity index is 1540. The molecule has 2 aromatic heterocycles. The molecule has 2 fully saturated rings. The van der Waals surface area contributed by atoms with Crippen molar-refractivity contribution in [2.24, 2.45) is 10.2 Å². The summed E-state index contributed by atoms with van der Waals surface area (Å²) in [5.41, 5.74) is -0.458. The highest BCUT2D eigenvalue weighted by atomic mass is 19.4. The molecule has 1 saturated carbocycles. The first-order chi connectivity index (χ1) is 18.6. The van der Waals surface area contributed by atoms with Gasteiger partial charge in [0.1, 0.15) is 0 Å². The molecule has 3 aliphatic rings. The van der Waals surface area contributed by atoms with Gasteiger partial charge in [-0.3, -0.25) is 8.97 Å². The van der Waals surface area contributed by atoms with E-state index in [2.05, 4.69) is 15.5 Å². The van der Waals surface area contributed by atoms with Gasteiger partial charge in [-0.1, -0.05) is 12.1 Å². The predicted molar refractivity (Wildman–Crippen MR) is 138 cm³/mol. The number of rotatable bonds is 9.